The van der Waals surface area contributed by atoms with Crippen molar-refractivity contribution in [3.05, 3.63) is 11.3 Å². The van der Waals surface area contributed by atoms with Gasteiger partial charge in [-0.25, -0.2) is 4.68 Å². The highest BCUT2D eigenvalue weighted by atomic mass is 35.5. The molecule has 5 nitrogen and oxygen atoms in total. The highest BCUT2D eigenvalue weighted by Gasteiger charge is 2.22. The van der Waals surface area contributed by atoms with Crippen LogP contribution in [-0.4, -0.2) is 40.9 Å². The summed E-state index contributed by atoms with van der Waals surface area (Å²) in [6, 6.07) is 0.322. The van der Waals surface area contributed by atoms with Crippen LogP contribution < -0.4 is 10.5 Å². The number of ether oxygens (including phenoxy) is 1. The fourth-order valence-corrected chi connectivity index (χ4v) is 2.35. The van der Waals surface area contributed by atoms with Crippen LogP contribution in [0.4, 0.5) is 0 Å². The zero-order valence-corrected chi connectivity index (χ0v) is 11.5. The second-order valence-corrected chi connectivity index (χ2v) is 4.48. The molecule has 0 aromatic carbocycles. The van der Waals surface area contributed by atoms with Crippen molar-refractivity contribution in [2.24, 2.45) is 12.8 Å². The maximum absolute atomic E-state index is 5.90. The number of likely N-dealkylation sites (tertiary alicyclic amines) is 1. The zero-order valence-electron chi connectivity index (χ0n) is 10.6. The maximum atomic E-state index is 5.90. The molecule has 98 valence electrons. The first-order valence-electron chi connectivity index (χ1n) is 5.66. The van der Waals surface area contributed by atoms with Gasteiger partial charge in [-0.2, -0.15) is 5.10 Å². The van der Waals surface area contributed by atoms with Crippen LogP contribution in [0.3, 0.4) is 0 Å². The SMILES string of the molecule is COc1c(CN2CCC(N)C2)c(C)nn1C.Cl. The van der Waals surface area contributed by atoms with E-state index in [0.717, 1.165) is 37.6 Å². The maximum Gasteiger partial charge on any atom is 0.216 e. The Balaban J connectivity index is 0.00000144. The molecule has 2 heterocycles. The lowest BCUT2D eigenvalue weighted by atomic mass is 10.2. The van der Waals surface area contributed by atoms with Crippen molar-refractivity contribution < 1.29 is 4.74 Å². The lowest BCUT2D eigenvalue weighted by molar-refractivity contribution is 0.311. The Hall–Kier alpha value is -0.780. The van der Waals surface area contributed by atoms with Crippen molar-refractivity contribution in [3.63, 3.8) is 0 Å². The molecule has 0 radical (unpaired) electrons. The third kappa shape index (κ3) is 2.91. The van der Waals surface area contributed by atoms with Gasteiger partial charge in [-0.15, -0.1) is 12.4 Å². The molecular formula is C11H21ClN4O. The largest absolute Gasteiger partial charge is 0.481 e. The van der Waals surface area contributed by atoms with Gasteiger partial charge in [0.15, 0.2) is 0 Å². The molecule has 1 fully saturated rings. The summed E-state index contributed by atoms with van der Waals surface area (Å²) in [5.74, 6) is 0.859. The number of methoxy groups -OCH3 is 1. The number of halogens is 1. The predicted octanol–water partition coefficient (Wildman–Crippen LogP) is 0.692. The molecule has 6 heteroatoms. The summed E-state index contributed by atoms with van der Waals surface area (Å²) in [5.41, 5.74) is 8.12. The van der Waals surface area contributed by atoms with Gasteiger partial charge in [-0.05, 0) is 13.3 Å². The Morgan fingerprint density at radius 1 is 1.53 bits per heavy atom. The highest BCUT2D eigenvalue weighted by Crippen LogP contribution is 2.24. The summed E-state index contributed by atoms with van der Waals surface area (Å²) in [4.78, 5) is 2.36. The van der Waals surface area contributed by atoms with Crippen LogP contribution in [0, 0.1) is 6.92 Å². The lowest BCUT2D eigenvalue weighted by Crippen LogP contribution is -2.26. The second-order valence-electron chi connectivity index (χ2n) is 4.48. The summed E-state index contributed by atoms with van der Waals surface area (Å²) in [6.45, 7) is 4.94. The molecule has 1 atom stereocenters. The Kier molecular flexibility index (Phi) is 4.80. The van der Waals surface area contributed by atoms with Gasteiger partial charge in [-0.1, -0.05) is 0 Å². The minimum absolute atomic E-state index is 0. The minimum atomic E-state index is 0. The van der Waals surface area contributed by atoms with Gasteiger partial charge >= 0.3 is 0 Å². The number of nitrogens with two attached hydrogens (primary N) is 1. The molecule has 2 N–H and O–H groups in total. The standard InChI is InChI=1S/C11H20N4O.ClH/c1-8-10(11(16-3)14(2)13-8)7-15-5-4-9(12)6-15;/h9H,4-7,12H2,1-3H3;1H. The van der Waals surface area contributed by atoms with Gasteiger partial charge in [0.05, 0.1) is 18.4 Å². The molecule has 1 aliphatic rings. The summed E-state index contributed by atoms with van der Waals surface area (Å²) < 4.78 is 7.17. The normalized spacial score (nSPS) is 20.4. The molecule has 0 amide bonds. The fourth-order valence-electron chi connectivity index (χ4n) is 2.35. The van der Waals surface area contributed by atoms with E-state index in [0.29, 0.717) is 6.04 Å². The summed E-state index contributed by atoms with van der Waals surface area (Å²) >= 11 is 0. The van der Waals surface area contributed by atoms with Crippen LogP contribution in [0.25, 0.3) is 0 Å². The van der Waals surface area contributed by atoms with Crippen LogP contribution in [0.1, 0.15) is 17.7 Å². The quantitative estimate of drug-likeness (QED) is 0.869. The van der Waals surface area contributed by atoms with Crippen molar-refractivity contribution in [2.75, 3.05) is 20.2 Å². The van der Waals surface area contributed by atoms with Crippen molar-refractivity contribution in [3.8, 4) is 5.88 Å². The van der Waals surface area contributed by atoms with Gasteiger partial charge in [0.2, 0.25) is 5.88 Å². The molecule has 17 heavy (non-hydrogen) atoms. The average molecular weight is 261 g/mol. The molecule has 0 bridgehead atoms. The monoisotopic (exact) mass is 260 g/mol. The van der Waals surface area contributed by atoms with E-state index < -0.39 is 0 Å². The first-order valence-corrected chi connectivity index (χ1v) is 5.66. The van der Waals surface area contributed by atoms with Crippen molar-refractivity contribution >= 4 is 12.4 Å². The van der Waals surface area contributed by atoms with E-state index in [1.165, 1.54) is 5.56 Å². The van der Waals surface area contributed by atoms with Crippen molar-refractivity contribution in [1.82, 2.24) is 14.7 Å². The molecule has 2 rings (SSSR count). The molecule has 1 saturated heterocycles. The number of aryl methyl sites for hydroxylation is 2. The number of hydrogen-bond donors (Lipinski definition) is 1. The number of rotatable bonds is 3. The smallest absolute Gasteiger partial charge is 0.216 e. The Labute approximate surface area is 108 Å². The van der Waals surface area contributed by atoms with Crippen LogP contribution in [-0.2, 0) is 13.6 Å². The van der Waals surface area contributed by atoms with Gasteiger partial charge in [0, 0.05) is 32.7 Å². The van der Waals surface area contributed by atoms with Gasteiger partial charge < -0.3 is 10.5 Å². The molecular weight excluding hydrogens is 240 g/mol. The van der Waals surface area contributed by atoms with Crippen molar-refractivity contribution in [1.29, 1.82) is 0 Å². The van der Waals surface area contributed by atoms with E-state index in [2.05, 4.69) is 10.00 Å². The Morgan fingerprint density at radius 3 is 2.76 bits per heavy atom. The third-order valence-electron chi connectivity index (χ3n) is 3.17. The molecule has 0 saturated carbocycles. The molecule has 1 unspecified atom stereocenters. The van der Waals surface area contributed by atoms with Gasteiger partial charge in [0.1, 0.15) is 0 Å². The fraction of sp³-hybridized carbons (Fsp3) is 0.727. The van der Waals surface area contributed by atoms with Crippen LogP contribution >= 0.6 is 12.4 Å². The van der Waals surface area contributed by atoms with E-state index in [4.69, 9.17) is 10.5 Å². The molecule has 1 aliphatic heterocycles. The van der Waals surface area contributed by atoms with E-state index in [9.17, 15) is 0 Å². The van der Waals surface area contributed by atoms with E-state index in [1.807, 2.05) is 14.0 Å². The average Bonchev–Trinajstić information content (AvgIpc) is 2.73. The topological polar surface area (TPSA) is 56.3 Å². The van der Waals surface area contributed by atoms with Crippen molar-refractivity contribution in [2.45, 2.75) is 25.9 Å². The Morgan fingerprint density at radius 2 is 2.24 bits per heavy atom. The second kappa shape index (κ2) is 5.71. The van der Waals surface area contributed by atoms with Crippen LogP contribution in [0.2, 0.25) is 0 Å². The molecule has 1 aromatic rings. The van der Waals surface area contributed by atoms with Gasteiger partial charge in [0.25, 0.3) is 0 Å². The van der Waals surface area contributed by atoms with E-state index >= 15 is 0 Å². The van der Waals surface area contributed by atoms with E-state index in [1.54, 1.807) is 11.8 Å². The zero-order chi connectivity index (χ0) is 11.7. The minimum Gasteiger partial charge on any atom is -0.481 e. The molecule has 0 spiro atoms. The first kappa shape index (κ1) is 14.3. The molecule has 1 aromatic heterocycles. The number of nitrogens with zero attached hydrogens (tertiary/aromatic N) is 3. The number of hydrogen-bond acceptors (Lipinski definition) is 4. The first-order chi connectivity index (χ1) is 7.61. The van der Waals surface area contributed by atoms with Gasteiger partial charge in [-0.3, -0.25) is 4.90 Å². The predicted molar refractivity (Wildman–Crippen MR) is 69.6 cm³/mol. The highest BCUT2D eigenvalue weighted by molar-refractivity contribution is 5.85. The summed E-state index contributed by atoms with van der Waals surface area (Å²) in [5, 5.41) is 4.38. The molecule has 0 aliphatic carbocycles. The third-order valence-corrected chi connectivity index (χ3v) is 3.17. The van der Waals surface area contributed by atoms with E-state index in [-0.39, 0.29) is 12.4 Å². The summed E-state index contributed by atoms with van der Waals surface area (Å²) in [6.07, 6.45) is 1.08. The van der Waals surface area contributed by atoms with Crippen LogP contribution in [0.15, 0.2) is 0 Å². The Bertz CT molecular complexity index is 380. The number of aromatic nitrogens is 2. The summed E-state index contributed by atoms with van der Waals surface area (Å²) in [7, 11) is 3.60. The lowest BCUT2D eigenvalue weighted by Gasteiger charge is -2.15. The van der Waals surface area contributed by atoms with Crippen LogP contribution in [0.5, 0.6) is 5.88 Å².